The van der Waals surface area contributed by atoms with Crippen LogP contribution in [-0.2, 0) is 4.79 Å². The number of rotatable bonds is 1. The summed E-state index contributed by atoms with van der Waals surface area (Å²) in [4.78, 5) is 16.0. The first-order chi connectivity index (χ1) is 9.16. The number of allylic oxidation sites excluding steroid dienone is 5. The Balaban J connectivity index is 2.20. The molecule has 0 bridgehead atoms. The number of dihydropyridines is 1. The highest BCUT2D eigenvalue weighted by molar-refractivity contribution is 9.09. The van der Waals surface area contributed by atoms with E-state index in [0.29, 0.717) is 5.71 Å². The van der Waals surface area contributed by atoms with E-state index in [2.05, 4.69) is 20.9 Å². The van der Waals surface area contributed by atoms with Crippen molar-refractivity contribution < 1.29 is 4.79 Å². The van der Waals surface area contributed by atoms with E-state index in [1.165, 1.54) is 0 Å². The molecule has 0 radical (unpaired) electrons. The summed E-state index contributed by atoms with van der Waals surface area (Å²) in [5, 5.41) is 0. The van der Waals surface area contributed by atoms with Crippen molar-refractivity contribution in [2.24, 2.45) is 10.7 Å². The number of hydrogen-bond acceptors (Lipinski definition) is 2. The predicted molar refractivity (Wildman–Crippen MR) is 79.9 cm³/mol. The van der Waals surface area contributed by atoms with Gasteiger partial charge < -0.3 is 5.73 Å². The highest BCUT2D eigenvalue weighted by atomic mass is 79.9. The first kappa shape index (κ1) is 12.1. The van der Waals surface area contributed by atoms with Crippen molar-refractivity contribution in [2.75, 3.05) is 0 Å². The second-order valence-corrected chi connectivity index (χ2v) is 5.40. The van der Waals surface area contributed by atoms with Gasteiger partial charge in [0.25, 0.3) is 5.91 Å². The van der Waals surface area contributed by atoms with Crippen LogP contribution in [0.5, 0.6) is 0 Å². The summed E-state index contributed by atoms with van der Waals surface area (Å²) >= 11 is 3.52. The lowest BCUT2D eigenvalue weighted by Gasteiger charge is -2.22. The molecule has 0 aromatic heterocycles. The number of amides is 1. The van der Waals surface area contributed by atoms with E-state index in [0.717, 1.165) is 16.7 Å². The van der Waals surface area contributed by atoms with E-state index >= 15 is 0 Å². The summed E-state index contributed by atoms with van der Waals surface area (Å²) < 4.78 is 0. The Hall–Kier alpha value is -1.94. The number of halogens is 1. The molecule has 3 rings (SSSR count). The summed E-state index contributed by atoms with van der Waals surface area (Å²) in [5.74, 6) is -0.372. The molecule has 1 atom stereocenters. The largest absolute Gasteiger partial charge is 0.394 e. The Morgan fingerprint density at radius 2 is 1.95 bits per heavy atom. The molecule has 0 spiro atoms. The van der Waals surface area contributed by atoms with Crippen LogP contribution in [0.3, 0.4) is 0 Å². The van der Waals surface area contributed by atoms with Crippen LogP contribution in [0, 0.1) is 0 Å². The van der Waals surface area contributed by atoms with Crippen LogP contribution < -0.4 is 5.73 Å². The van der Waals surface area contributed by atoms with Gasteiger partial charge in [0.2, 0.25) is 0 Å². The van der Waals surface area contributed by atoms with Crippen molar-refractivity contribution in [3.8, 4) is 0 Å². The van der Waals surface area contributed by atoms with Crippen molar-refractivity contribution in [2.45, 2.75) is 4.83 Å². The maximum Gasteiger partial charge on any atom is 0.294 e. The molecule has 2 aliphatic rings. The van der Waals surface area contributed by atoms with Gasteiger partial charge in [-0.2, -0.15) is 0 Å². The quantitative estimate of drug-likeness (QED) is 0.810. The third-order valence-corrected chi connectivity index (χ3v) is 3.66. The molecule has 1 heterocycles. The highest BCUT2D eigenvalue weighted by Gasteiger charge is 2.27. The van der Waals surface area contributed by atoms with Crippen molar-refractivity contribution in [1.29, 1.82) is 0 Å². The normalized spacial score (nSPS) is 21.9. The monoisotopic (exact) mass is 314 g/mol. The lowest BCUT2D eigenvalue weighted by molar-refractivity contribution is -0.114. The Labute approximate surface area is 119 Å². The van der Waals surface area contributed by atoms with Gasteiger partial charge in [-0.1, -0.05) is 58.4 Å². The molecule has 0 saturated carbocycles. The highest BCUT2D eigenvalue weighted by Crippen LogP contribution is 2.33. The number of hydrogen-bond donors (Lipinski definition) is 1. The van der Waals surface area contributed by atoms with Gasteiger partial charge in [0.1, 0.15) is 5.70 Å². The van der Waals surface area contributed by atoms with Gasteiger partial charge in [0, 0.05) is 11.1 Å². The van der Waals surface area contributed by atoms with E-state index in [9.17, 15) is 4.79 Å². The molecular weight excluding hydrogens is 304 g/mol. The molecule has 0 saturated heterocycles. The lowest BCUT2D eigenvalue weighted by atomic mass is 9.87. The van der Waals surface area contributed by atoms with E-state index in [1.54, 1.807) is 0 Å². The summed E-state index contributed by atoms with van der Waals surface area (Å²) in [5.41, 5.74) is 9.44. The van der Waals surface area contributed by atoms with Gasteiger partial charge in [-0.3, -0.25) is 4.79 Å². The molecule has 1 aromatic rings. The number of benzene rings is 1. The maximum absolute atomic E-state index is 11.9. The molecule has 1 aromatic carbocycles. The van der Waals surface area contributed by atoms with E-state index in [4.69, 9.17) is 5.73 Å². The fourth-order valence-electron chi connectivity index (χ4n) is 2.22. The lowest BCUT2D eigenvalue weighted by Crippen LogP contribution is -2.23. The Morgan fingerprint density at radius 3 is 2.68 bits per heavy atom. The summed E-state index contributed by atoms with van der Waals surface area (Å²) in [6.07, 6.45) is 5.81. The fourth-order valence-corrected chi connectivity index (χ4v) is 2.64. The smallest absolute Gasteiger partial charge is 0.294 e. The first-order valence-corrected chi connectivity index (χ1v) is 6.81. The fraction of sp³-hybridized carbons (Fsp3) is 0.0667. The molecule has 1 unspecified atom stereocenters. The van der Waals surface area contributed by atoms with Crippen LogP contribution in [0.15, 0.2) is 64.8 Å². The van der Waals surface area contributed by atoms with Crippen LogP contribution in [0.1, 0.15) is 5.56 Å². The van der Waals surface area contributed by atoms with Crippen LogP contribution in [0.4, 0.5) is 0 Å². The maximum atomic E-state index is 11.9. The van der Waals surface area contributed by atoms with Crippen molar-refractivity contribution in [1.82, 2.24) is 0 Å². The number of carbonyl (C=O) groups excluding carboxylic acids is 1. The molecule has 1 aliphatic carbocycles. The Bertz CT molecular complexity index is 669. The molecule has 0 fully saturated rings. The number of carbonyl (C=O) groups is 1. The first-order valence-electron chi connectivity index (χ1n) is 5.90. The molecule has 94 valence electrons. The third-order valence-electron chi connectivity index (χ3n) is 3.09. The molecule has 4 heteroatoms. The van der Waals surface area contributed by atoms with Crippen molar-refractivity contribution in [3.63, 3.8) is 0 Å². The standard InChI is InChI=1S/C15H11BrN2O/c16-10-6-7-12-11(8-10)13(14(17)15(19)18-12)9-4-2-1-3-5-9/h1-8,10H,17H2. The predicted octanol–water partition coefficient (Wildman–Crippen LogP) is 2.60. The molecule has 1 amide bonds. The van der Waals surface area contributed by atoms with Gasteiger partial charge in [-0.15, -0.1) is 0 Å². The number of nitrogens with zero attached hydrogens (tertiary/aromatic N) is 1. The number of aliphatic imine (C=N–C) groups is 1. The van der Waals surface area contributed by atoms with E-state index < -0.39 is 0 Å². The average Bonchev–Trinajstić information content (AvgIpc) is 2.42. The van der Waals surface area contributed by atoms with Crippen LogP contribution in [0.25, 0.3) is 5.57 Å². The third kappa shape index (κ3) is 2.08. The topological polar surface area (TPSA) is 55.4 Å². The number of alkyl halides is 1. The van der Waals surface area contributed by atoms with E-state index in [-0.39, 0.29) is 16.4 Å². The van der Waals surface area contributed by atoms with Crippen molar-refractivity contribution in [3.05, 3.63) is 65.4 Å². The van der Waals surface area contributed by atoms with Gasteiger partial charge in [0.05, 0.1) is 10.5 Å². The molecule has 19 heavy (non-hydrogen) atoms. The average molecular weight is 315 g/mol. The van der Waals surface area contributed by atoms with Crippen LogP contribution in [-0.4, -0.2) is 16.4 Å². The Kier molecular flexibility index (Phi) is 2.95. The SMILES string of the molecule is NC1=C(c2ccccc2)C2=CC(Br)C=CC2=NC1=O. The number of fused-ring (bicyclic) bond motifs is 1. The molecular formula is C15H11BrN2O. The van der Waals surface area contributed by atoms with Gasteiger partial charge in [-0.05, 0) is 11.6 Å². The van der Waals surface area contributed by atoms with Crippen LogP contribution >= 0.6 is 15.9 Å². The molecule has 3 nitrogen and oxygen atoms in total. The van der Waals surface area contributed by atoms with E-state index in [1.807, 2.05) is 48.6 Å². The van der Waals surface area contributed by atoms with Crippen LogP contribution in [0.2, 0.25) is 0 Å². The minimum atomic E-state index is -0.372. The van der Waals surface area contributed by atoms with Gasteiger partial charge >= 0.3 is 0 Å². The second-order valence-electron chi connectivity index (χ2n) is 4.34. The zero-order valence-electron chi connectivity index (χ0n) is 10.0. The zero-order valence-corrected chi connectivity index (χ0v) is 11.6. The Morgan fingerprint density at radius 1 is 1.21 bits per heavy atom. The summed E-state index contributed by atoms with van der Waals surface area (Å²) in [7, 11) is 0. The zero-order chi connectivity index (χ0) is 13.4. The summed E-state index contributed by atoms with van der Waals surface area (Å²) in [6, 6.07) is 9.68. The van der Waals surface area contributed by atoms with Gasteiger partial charge in [0.15, 0.2) is 0 Å². The minimum absolute atomic E-state index is 0.126. The summed E-state index contributed by atoms with van der Waals surface area (Å²) in [6.45, 7) is 0. The number of nitrogens with two attached hydrogens (primary N) is 1. The molecule has 1 aliphatic heterocycles. The van der Waals surface area contributed by atoms with Gasteiger partial charge in [-0.25, -0.2) is 4.99 Å². The minimum Gasteiger partial charge on any atom is -0.394 e. The second kappa shape index (κ2) is 4.63. The van der Waals surface area contributed by atoms with Crippen molar-refractivity contribution >= 4 is 33.1 Å². The molecule has 2 N–H and O–H groups in total.